The topological polar surface area (TPSA) is 0 Å². The summed E-state index contributed by atoms with van der Waals surface area (Å²) in [6, 6.07) is 6.53. The van der Waals surface area contributed by atoms with Crippen LogP contribution in [-0.4, -0.2) is 8.07 Å². The second-order valence-electron chi connectivity index (χ2n) is 3.46. The van der Waals surface area contributed by atoms with Gasteiger partial charge in [0, 0.05) is 0 Å². The molecule has 0 spiro atoms. The van der Waals surface area contributed by atoms with Gasteiger partial charge in [-0.2, -0.15) is 0 Å². The summed E-state index contributed by atoms with van der Waals surface area (Å²) in [6.45, 7) is 7.16. The van der Waals surface area contributed by atoms with E-state index in [9.17, 15) is 0 Å². The van der Waals surface area contributed by atoms with E-state index in [-0.39, 0.29) is 0 Å². The second kappa shape index (κ2) is 2.85. The van der Waals surface area contributed by atoms with Crippen LogP contribution >= 0.6 is 8.19 Å². The van der Waals surface area contributed by atoms with Crippen molar-refractivity contribution < 1.29 is 0 Å². The zero-order valence-electron chi connectivity index (χ0n) is 6.76. The lowest BCUT2D eigenvalue weighted by atomic mass is 10.6. The minimum Gasteiger partial charge on any atom is -0.0775 e. The first-order valence-electron chi connectivity index (χ1n) is 3.52. The first kappa shape index (κ1) is 7.97. The van der Waals surface area contributed by atoms with Crippen LogP contribution in [0.4, 0.5) is 0 Å². The Balaban J connectivity index is 2.97. The summed E-state index contributed by atoms with van der Waals surface area (Å²) in [4.78, 5) is 1.63. The predicted octanol–water partition coefficient (Wildman–Crippen LogP) is 2.81. The molecule has 10 heavy (non-hydrogen) atoms. The second-order valence-corrected chi connectivity index (χ2v) is 9.96. The molecule has 0 saturated heterocycles. The van der Waals surface area contributed by atoms with Crippen LogP contribution in [-0.2, 0) is 0 Å². The van der Waals surface area contributed by atoms with Crippen LogP contribution in [0.2, 0.25) is 19.6 Å². The average Bonchev–Trinajstić information content (AvgIpc) is 1.88. The summed E-state index contributed by atoms with van der Waals surface area (Å²) < 4.78 is 0. The third-order valence-electron chi connectivity index (χ3n) is 1.43. The van der Waals surface area contributed by atoms with Gasteiger partial charge in [0.2, 0.25) is 0 Å². The first-order valence-corrected chi connectivity index (χ1v) is 7.98. The third kappa shape index (κ3) is 1.93. The van der Waals surface area contributed by atoms with E-state index < -0.39 is 8.07 Å². The summed E-state index contributed by atoms with van der Waals surface area (Å²) in [6.07, 6.45) is 0. The van der Waals surface area contributed by atoms with Crippen LogP contribution in [0.1, 0.15) is 0 Å². The minimum absolute atomic E-state index is 0.990. The molecule has 0 N–H and O–H groups in total. The molecule has 1 aromatic heterocycles. The van der Waals surface area contributed by atoms with Crippen molar-refractivity contribution in [3.05, 3.63) is 24.0 Å². The first-order chi connectivity index (χ1) is 4.61. The lowest BCUT2D eigenvalue weighted by molar-refractivity contribution is 1.77. The van der Waals surface area contributed by atoms with Crippen molar-refractivity contribution in [3.8, 4) is 0 Å². The molecule has 1 heterocycles. The van der Waals surface area contributed by atoms with Crippen LogP contribution in [0.5, 0.6) is 0 Å². The standard InChI is InChI=1S/C8H13PSi/c1-10(2,3)8-6-4-5-7-9-8/h4-7H,1-3H3. The SMILES string of the molecule is C[Si](C)(C)c1ccccp1. The molecule has 0 bridgehead atoms. The van der Waals surface area contributed by atoms with Gasteiger partial charge in [-0.1, -0.05) is 46.0 Å². The molecule has 54 valence electrons. The largest absolute Gasteiger partial charge is 0.0834 e. The van der Waals surface area contributed by atoms with E-state index in [1.54, 1.807) is 4.92 Å². The monoisotopic (exact) mass is 168 g/mol. The lowest BCUT2D eigenvalue weighted by Crippen LogP contribution is -2.34. The molecule has 0 saturated carbocycles. The van der Waals surface area contributed by atoms with Crippen molar-refractivity contribution in [2.75, 3.05) is 0 Å². The summed E-state index contributed by atoms with van der Waals surface area (Å²) in [5, 5.41) is 0. The summed E-state index contributed by atoms with van der Waals surface area (Å²) in [7, 11) is 0.428. The van der Waals surface area contributed by atoms with E-state index in [1.165, 1.54) is 8.19 Å². The maximum Gasteiger partial charge on any atom is 0.0834 e. The highest BCUT2D eigenvalue weighted by molar-refractivity contribution is 7.40. The summed E-state index contributed by atoms with van der Waals surface area (Å²) in [5.41, 5.74) is 0. The van der Waals surface area contributed by atoms with Crippen molar-refractivity contribution in [1.82, 2.24) is 0 Å². The van der Waals surface area contributed by atoms with E-state index in [0.717, 1.165) is 0 Å². The molecular weight excluding hydrogens is 155 g/mol. The Kier molecular flexibility index (Phi) is 2.27. The Morgan fingerprint density at radius 2 is 1.90 bits per heavy atom. The molecule has 2 heteroatoms. The Hall–Kier alpha value is -0.133. The third-order valence-corrected chi connectivity index (χ3v) is 6.29. The van der Waals surface area contributed by atoms with Crippen LogP contribution in [0.15, 0.2) is 24.0 Å². The lowest BCUT2D eigenvalue weighted by Gasteiger charge is -2.14. The smallest absolute Gasteiger partial charge is 0.0775 e. The van der Waals surface area contributed by atoms with E-state index in [2.05, 4.69) is 43.6 Å². The fourth-order valence-corrected chi connectivity index (χ4v) is 3.69. The molecule has 0 amide bonds. The van der Waals surface area contributed by atoms with Gasteiger partial charge in [0.1, 0.15) is 0 Å². The van der Waals surface area contributed by atoms with Crippen LogP contribution < -0.4 is 4.92 Å². The van der Waals surface area contributed by atoms with E-state index in [0.29, 0.717) is 0 Å². The molecule has 0 atom stereocenters. The molecule has 0 radical (unpaired) electrons. The van der Waals surface area contributed by atoms with Crippen molar-refractivity contribution >= 4 is 21.2 Å². The van der Waals surface area contributed by atoms with E-state index in [1.807, 2.05) is 0 Å². The predicted molar refractivity (Wildman–Crippen MR) is 51.9 cm³/mol. The molecule has 0 aliphatic rings. The molecule has 0 aromatic carbocycles. The molecule has 0 fully saturated rings. The molecule has 0 aliphatic carbocycles. The highest BCUT2D eigenvalue weighted by Crippen LogP contribution is 2.08. The van der Waals surface area contributed by atoms with Gasteiger partial charge in [0.15, 0.2) is 0 Å². The Bertz CT molecular complexity index is 200. The molecular formula is C8H13PSi. The van der Waals surface area contributed by atoms with Gasteiger partial charge in [0.25, 0.3) is 0 Å². The molecule has 0 aliphatic heterocycles. The molecule has 0 nitrogen and oxygen atoms in total. The summed E-state index contributed by atoms with van der Waals surface area (Å²) in [5.74, 6) is 2.22. The Morgan fingerprint density at radius 1 is 1.20 bits per heavy atom. The maximum absolute atomic E-state index is 2.39. The van der Waals surface area contributed by atoms with Crippen molar-refractivity contribution in [2.45, 2.75) is 19.6 Å². The maximum atomic E-state index is 2.39. The number of hydrogen-bond donors (Lipinski definition) is 0. The van der Waals surface area contributed by atoms with E-state index >= 15 is 0 Å². The average molecular weight is 168 g/mol. The molecule has 1 rings (SSSR count). The number of rotatable bonds is 1. The fraction of sp³-hybridized carbons (Fsp3) is 0.375. The van der Waals surface area contributed by atoms with E-state index in [4.69, 9.17) is 0 Å². The minimum atomic E-state index is -0.990. The van der Waals surface area contributed by atoms with Crippen molar-refractivity contribution in [3.63, 3.8) is 0 Å². The molecule has 0 unspecified atom stereocenters. The number of hydrogen-bond acceptors (Lipinski definition) is 0. The normalized spacial score (nSPS) is 12.3. The van der Waals surface area contributed by atoms with Gasteiger partial charge < -0.3 is 0 Å². The fourth-order valence-electron chi connectivity index (χ4n) is 0.806. The van der Waals surface area contributed by atoms with Gasteiger partial charge in [-0.3, -0.25) is 0 Å². The van der Waals surface area contributed by atoms with Gasteiger partial charge in [-0.15, -0.1) is 0 Å². The highest BCUT2D eigenvalue weighted by Gasteiger charge is 2.15. The van der Waals surface area contributed by atoms with Crippen LogP contribution in [0, 0.1) is 0 Å². The summed E-state index contributed by atoms with van der Waals surface area (Å²) >= 11 is 0. The Morgan fingerprint density at radius 3 is 2.20 bits per heavy atom. The Labute approximate surface area is 65.4 Å². The van der Waals surface area contributed by atoms with Gasteiger partial charge in [-0.25, -0.2) is 0 Å². The zero-order valence-corrected chi connectivity index (χ0v) is 8.65. The van der Waals surface area contributed by atoms with Gasteiger partial charge >= 0.3 is 0 Å². The molecule has 1 aromatic rings. The van der Waals surface area contributed by atoms with Crippen molar-refractivity contribution in [2.24, 2.45) is 0 Å². The van der Waals surface area contributed by atoms with Gasteiger partial charge in [-0.05, 0) is 10.7 Å². The van der Waals surface area contributed by atoms with Gasteiger partial charge in [0.05, 0.1) is 8.07 Å². The van der Waals surface area contributed by atoms with Crippen LogP contribution in [0.25, 0.3) is 0 Å². The zero-order chi connectivity index (χ0) is 7.61. The van der Waals surface area contributed by atoms with Crippen molar-refractivity contribution in [1.29, 1.82) is 0 Å². The highest BCUT2D eigenvalue weighted by atomic mass is 31.0. The quantitative estimate of drug-likeness (QED) is 0.566. The van der Waals surface area contributed by atoms with Crippen LogP contribution in [0.3, 0.4) is 0 Å².